The maximum Gasteiger partial charge on any atom is 0.416 e. The van der Waals surface area contributed by atoms with Gasteiger partial charge in [0.1, 0.15) is 12.4 Å². The Morgan fingerprint density at radius 1 is 1.00 bits per heavy atom. The molecule has 0 aliphatic carbocycles. The first-order valence-corrected chi connectivity index (χ1v) is 13.7. The number of aryl methyl sites for hydroxylation is 1. The molecule has 1 saturated heterocycles. The summed E-state index contributed by atoms with van der Waals surface area (Å²) in [5.74, 6) is 0.520. The second kappa shape index (κ2) is 11.7. The molecule has 1 aliphatic heterocycles. The van der Waals surface area contributed by atoms with E-state index in [2.05, 4.69) is 10.3 Å². The predicted octanol–water partition coefficient (Wildman–Crippen LogP) is 7.36. The summed E-state index contributed by atoms with van der Waals surface area (Å²) in [6, 6.07) is 17.7. The summed E-state index contributed by atoms with van der Waals surface area (Å²) in [7, 11) is 1.59. The van der Waals surface area contributed by atoms with Gasteiger partial charge in [-0.2, -0.15) is 13.2 Å². The minimum Gasteiger partial charge on any atom is -0.490 e. The predicted molar refractivity (Wildman–Crippen MR) is 157 cm³/mol. The number of nitrogens with zero attached hydrogens (tertiary/aromatic N) is 3. The molecule has 2 aromatic carbocycles. The van der Waals surface area contributed by atoms with E-state index < -0.39 is 11.7 Å². The molecular weight excluding hydrogens is 573 g/mol. The fraction of sp³-hybridized carbons (Fsp3) is 0.267. The van der Waals surface area contributed by atoms with Crippen LogP contribution in [0, 0.1) is 13.8 Å². The van der Waals surface area contributed by atoms with Crippen LogP contribution in [-0.2, 0) is 10.9 Å². The summed E-state index contributed by atoms with van der Waals surface area (Å²) in [5.41, 5.74) is 3.69. The van der Waals surface area contributed by atoms with Gasteiger partial charge >= 0.3 is 6.18 Å². The minimum atomic E-state index is -4.45. The number of alkyl halides is 3. The smallest absolute Gasteiger partial charge is 0.416 e. The molecule has 41 heavy (non-hydrogen) atoms. The molecule has 6 nitrogen and oxygen atoms in total. The Hall–Kier alpha value is -3.60. The van der Waals surface area contributed by atoms with Crippen molar-refractivity contribution in [2.45, 2.75) is 32.1 Å². The quantitative estimate of drug-likeness (QED) is 0.168. The monoisotopic (exact) mass is 600 g/mol. The second-order valence-electron chi connectivity index (χ2n) is 9.66. The molecular formula is C30H28ClF3N4O2S. The molecule has 0 saturated carbocycles. The SMILES string of the molecule is COCCOc1ccc(N2C(=S)N[C@@H](c3ccccn3)[C@H]2c2cc(C)n(-c3cccc(C(F)(F)F)c3)c2C)cc1Cl. The van der Waals surface area contributed by atoms with Gasteiger partial charge < -0.3 is 24.3 Å². The first-order chi connectivity index (χ1) is 19.6. The summed E-state index contributed by atoms with van der Waals surface area (Å²) in [4.78, 5) is 6.56. The number of thiocarbonyl (C=S) groups is 1. The fourth-order valence-corrected chi connectivity index (χ4v) is 5.82. The highest BCUT2D eigenvalue weighted by molar-refractivity contribution is 7.80. The number of methoxy groups -OCH3 is 1. The van der Waals surface area contributed by atoms with Crippen molar-refractivity contribution in [2.75, 3.05) is 25.2 Å². The number of anilines is 1. The highest BCUT2D eigenvalue weighted by atomic mass is 35.5. The number of pyridine rings is 1. The maximum absolute atomic E-state index is 13.5. The number of hydrogen-bond donors (Lipinski definition) is 1. The molecule has 5 rings (SSSR count). The number of aromatic nitrogens is 2. The minimum absolute atomic E-state index is 0.337. The molecule has 1 fully saturated rings. The molecule has 0 spiro atoms. The number of rotatable bonds is 8. The molecule has 4 aromatic rings. The van der Waals surface area contributed by atoms with Crippen LogP contribution in [-0.4, -0.2) is 35.0 Å². The largest absolute Gasteiger partial charge is 0.490 e. The van der Waals surface area contributed by atoms with Gasteiger partial charge in [-0.25, -0.2) is 0 Å². The Balaban J connectivity index is 1.61. The van der Waals surface area contributed by atoms with E-state index in [0.29, 0.717) is 34.8 Å². The van der Waals surface area contributed by atoms with Crippen molar-refractivity contribution in [1.82, 2.24) is 14.9 Å². The third kappa shape index (κ3) is 5.77. The van der Waals surface area contributed by atoms with Crippen molar-refractivity contribution in [2.24, 2.45) is 0 Å². The Kier molecular flexibility index (Phi) is 8.26. The Morgan fingerprint density at radius 3 is 2.49 bits per heavy atom. The van der Waals surface area contributed by atoms with Gasteiger partial charge in [0.15, 0.2) is 5.11 Å². The molecule has 0 radical (unpaired) electrons. The molecule has 2 atom stereocenters. The fourth-order valence-electron chi connectivity index (χ4n) is 5.25. The Morgan fingerprint density at radius 2 is 1.80 bits per heavy atom. The molecule has 3 heterocycles. The van der Waals surface area contributed by atoms with Crippen molar-refractivity contribution >= 4 is 34.6 Å². The zero-order valence-electron chi connectivity index (χ0n) is 22.6. The highest BCUT2D eigenvalue weighted by Gasteiger charge is 2.42. The molecule has 1 N–H and O–H groups in total. The summed E-state index contributed by atoms with van der Waals surface area (Å²) >= 11 is 12.4. The number of ether oxygens (including phenoxy) is 2. The van der Waals surface area contributed by atoms with Gasteiger partial charge in [-0.3, -0.25) is 4.98 Å². The zero-order chi connectivity index (χ0) is 29.3. The molecule has 0 amide bonds. The van der Waals surface area contributed by atoms with E-state index in [1.807, 2.05) is 53.6 Å². The summed E-state index contributed by atoms with van der Waals surface area (Å²) in [6.45, 7) is 4.55. The normalized spacial score (nSPS) is 17.1. The van der Waals surface area contributed by atoms with Gasteiger partial charge in [-0.1, -0.05) is 23.7 Å². The Labute approximate surface area is 246 Å². The molecule has 2 aromatic heterocycles. The highest BCUT2D eigenvalue weighted by Crippen LogP contribution is 2.45. The topological polar surface area (TPSA) is 51.6 Å². The Bertz CT molecular complexity index is 1560. The van der Waals surface area contributed by atoms with Crippen LogP contribution >= 0.6 is 23.8 Å². The van der Waals surface area contributed by atoms with Crippen molar-refractivity contribution in [3.05, 3.63) is 106 Å². The van der Waals surface area contributed by atoms with E-state index in [1.54, 1.807) is 31.5 Å². The first-order valence-electron chi connectivity index (χ1n) is 12.9. The number of benzene rings is 2. The number of hydrogen-bond acceptors (Lipinski definition) is 4. The first kappa shape index (κ1) is 28.9. The van der Waals surface area contributed by atoms with Crippen LogP contribution in [0.25, 0.3) is 5.69 Å². The zero-order valence-corrected chi connectivity index (χ0v) is 24.1. The van der Waals surface area contributed by atoms with E-state index >= 15 is 0 Å². The second-order valence-corrected chi connectivity index (χ2v) is 10.5. The van der Waals surface area contributed by atoms with Crippen LogP contribution in [0.5, 0.6) is 5.75 Å². The summed E-state index contributed by atoms with van der Waals surface area (Å²) < 4.78 is 53.2. The number of halogens is 4. The number of nitrogens with one attached hydrogen (secondary N) is 1. The molecule has 11 heteroatoms. The average molecular weight is 601 g/mol. The van der Waals surface area contributed by atoms with Crippen LogP contribution in [0.15, 0.2) is 72.9 Å². The van der Waals surface area contributed by atoms with Crippen LogP contribution in [0.1, 0.15) is 40.3 Å². The van der Waals surface area contributed by atoms with Crippen LogP contribution in [0.4, 0.5) is 18.9 Å². The van der Waals surface area contributed by atoms with Crippen molar-refractivity contribution in [3.63, 3.8) is 0 Å². The molecule has 214 valence electrons. The van der Waals surface area contributed by atoms with Gasteiger partial charge in [-0.05, 0) is 86.2 Å². The maximum atomic E-state index is 13.5. The van der Waals surface area contributed by atoms with Crippen molar-refractivity contribution < 1.29 is 22.6 Å². The standard InChI is InChI=1S/C30H28ClF3N4O2S/c1-18-15-23(19(2)37(18)21-8-6-7-20(16-21)30(32,33)34)28-27(25-9-4-5-12-35-25)36-29(41)38(28)22-10-11-26(24(31)17-22)40-14-13-39-3/h4-12,15-17,27-28H,13-14H2,1-3H3,(H,36,41)/t27-,28+/m0/s1. The summed E-state index contributed by atoms with van der Waals surface area (Å²) in [5, 5.41) is 4.30. The van der Waals surface area contributed by atoms with E-state index in [9.17, 15) is 13.2 Å². The van der Waals surface area contributed by atoms with Gasteiger partial charge in [0, 0.05) is 36.1 Å². The lowest BCUT2D eigenvalue weighted by atomic mass is 9.96. The van der Waals surface area contributed by atoms with E-state index in [0.717, 1.165) is 40.5 Å². The van der Waals surface area contributed by atoms with E-state index in [4.69, 9.17) is 33.3 Å². The van der Waals surface area contributed by atoms with Crippen LogP contribution < -0.4 is 15.0 Å². The lowest BCUT2D eigenvalue weighted by molar-refractivity contribution is -0.137. The van der Waals surface area contributed by atoms with E-state index in [1.165, 1.54) is 6.07 Å². The van der Waals surface area contributed by atoms with Crippen molar-refractivity contribution in [1.29, 1.82) is 0 Å². The van der Waals surface area contributed by atoms with Crippen LogP contribution in [0.2, 0.25) is 5.02 Å². The summed E-state index contributed by atoms with van der Waals surface area (Å²) in [6.07, 6.45) is -2.73. The third-order valence-electron chi connectivity index (χ3n) is 7.06. The van der Waals surface area contributed by atoms with Crippen LogP contribution in [0.3, 0.4) is 0 Å². The molecule has 0 bridgehead atoms. The lowest BCUT2D eigenvalue weighted by Gasteiger charge is -2.28. The lowest BCUT2D eigenvalue weighted by Crippen LogP contribution is -2.29. The van der Waals surface area contributed by atoms with Gasteiger partial charge in [0.25, 0.3) is 0 Å². The van der Waals surface area contributed by atoms with Gasteiger partial charge in [-0.15, -0.1) is 0 Å². The molecule has 1 aliphatic rings. The molecule has 0 unspecified atom stereocenters. The third-order valence-corrected chi connectivity index (χ3v) is 7.67. The van der Waals surface area contributed by atoms with Gasteiger partial charge in [0.05, 0.1) is 35.0 Å². The van der Waals surface area contributed by atoms with Gasteiger partial charge in [0.2, 0.25) is 0 Å². The van der Waals surface area contributed by atoms with Crippen molar-refractivity contribution in [3.8, 4) is 11.4 Å². The average Bonchev–Trinajstić information content (AvgIpc) is 3.44. The van der Waals surface area contributed by atoms with E-state index in [-0.39, 0.29) is 12.1 Å².